The van der Waals surface area contributed by atoms with Crippen LogP contribution in [0, 0.1) is 0 Å². The van der Waals surface area contributed by atoms with Gasteiger partial charge in [-0.3, -0.25) is 14.1 Å². The second-order valence-corrected chi connectivity index (χ2v) is 8.30. The minimum Gasteiger partial charge on any atom is -0.346 e. The Morgan fingerprint density at radius 2 is 1.83 bits per heavy atom. The van der Waals surface area contributed by atoms with Crippen LogP contribution < -0.4 is 5.32 Å². The normalized spacial score (nSPS) is 13.2. The van der Waals surface area contributed by atoms with E-state index in [9.17, 15) is 9.00 Å². The maximum Gasteiger partial charge on any atom is 0.251 e. The van der Waals surface area contributed by atoms with E-state index in [1.54, 1.807) is 12.3 Å². The predicted octanol–water partition coefficient (Wildman–Crippen LogP) is 4.46. The number of hydrogen-bond donors (Lipinski definition) is 2. The fourth-order valence-electron chi connectivity index (χ4n) is 3.30. The zero-order valence-corrected chi connectivity index (χ0v) is 17.0. The Hall–Kier alpha value is -3.25. The Labute approximate surface area is 171 Å². The summed E-state index contributed by atoms with van der Waals surface area (Å²) in [7, 11) is -1.07. The molecular formula is C23H21N3O2S. The van der Waals surface area contributed by atoms with Crippen LogP contribution in [-0.4, -0.2) is 26.6 Å². The Morgan fingerprint density at radius 1 is 1.03 bits per heavy atom. The molecule has 3 aromatic carbocycles. The Morgan fingerprint density at radius 3 is 2.59 bits per heavy atom. The van der Waals surface area contributed by atoms with Gasteiger partial charge in [-0.1, -0.05) is 42.5 Å². The standard InChI is InChI=1S/C23H21N3O2S/c1-15(16-7-4-3-5-8-16)24-23(27)18-11-12-21-20(14-18)22(26-25-21)17-9-6-10-19(13-17)29(2)28/h3-15H,1-2H3,(H,24,27)(H,25,26)/t15-,29?/m0/s1. The van der Waals surface area contributed by atoms with Crippen molar-refractivity contribution in [1.29, 1.82) is 0 Å². The SMILES string of the molecule is C[C@H](NC(=O)c1ccc2[nH]nc(-c3cccc(S(C)=O)c3)c2c1)c1ccccc1. The van der Waals surface area contributed by atoms with E-state index >= 15 is 0 Å². The number of nitrogens with one attached hydrogen (secondary N) is 2. The summed E-state index contributed by atoms with van der Waals surface area (Å²) in [5.41, 5.74) is 4.06. The van der Waals surface area contributed by atoms with E-state index in [0.29, 0.717) is 5.56 Å². The quantitative estimate of drug-likeness (QED) is 0.517. The Bertz CT molecular complexity index is 1200. The van der Waals surface area contributed by atoms with Crippen molar-refractivity contribution in [3.8, 4) is 11.3 Å². The summed E-state index contributed by atoms with van der Waals surface area (Å²) in [4.78, 5) is 13.5. The number of rotatable bonds is 5. The molecule has 0 saturated carbocycles. The highest BCUT2D eigenvalue weighted by Crippen LogP contribution is 2.28. The van der Waals surface area contributed by atoms with Crippen LogP contribution in [0.5, 0.6) is 0 Å². The van der Waals surface area contributed by atoms with Crippen molar-refractivity contribution in [2.24, 2.45) is 0 Å². The topological polar surface area (TPSA) is 74.8 Å². The van der Waals surface area contributed by atoms with Gasteiger partial charge in [0, 0.05) is 38.5 Å². The van der Waals surface area contributed by atoms with Crippen molar-refractivity contribution in [2.75, 3.05) is 6.26 Å². The van der Waals surface area contributed by atoms with Crippen LogP contribution >= 0.6 is 0 Å². The van der Waals surface area contributed by atoms with Gasteiger partial charge in [-0.2, -0.15) is 5.10 Å². The first-order chi connectivity index (χ1) is 14.0. The molecule has 1 unspecified atom stereocenters. The Kier molecular flexibility index (Phi) is 5.27. The molecule has 0 aliphatic carbocycles. The second kappa shape index (κ2) is 8.01. The number of hydrogen-bond acceptors (Lipinski definition) is 3. The van der Waals surface area contributed by atoms with Crippen LogP contribution in [0.15, 0.2) is 77.7 Å². The van der Waals surface area contributed by atoms with Crippen LogP contribution in [0.2, 0.25) is 0 Å². The molecule has 0 aliphatic rings. The fraction of sp³-hybridized carbons (Fsp3) is 0.130. The average Bonchev–Trinajstić information content (AvgIpc) is 3.17. The molecule has 0 fully saturated rings. The minimum atomic E-state index is -1.07. The lowest BCUT2D eigenvalue weighted by atomic mass is 10.0. The molecule has 0 saturated heterocycles. The molecule has 0 bridgehead atoms. The molecule has 0 radical (unpaired) electrons. The van der Waals surface area contributed by atoms with E-state index in [2.05, 4.69) is 15.5 Å². The number of aromatic nitrogens is 2. The largest absolute Gasteiger partial charge is 0.346 e. The number of fused-ring (bicyclic) bond motifs is 1. The smallest absolute Gasteiger partial charge is 0.251 e. The fourth-order valence-corrected chi connectivity index (χ4v) is 3.87. The van der Waals surface area contributed by atoms with Gasteiger partial charge < -0.3 is 5.32 Å². The van der Waals surface area contributed by atoms with Crippen LogP contribution in [0.1, 0.15) is 28.9 Å². The molecule has 0 spiro atoms. The van der Waals surface area contributed by atoms with Gasteiger partial charge in [0.05, 0.1) is 17.3 Å². The van der Waals surface area contributed by atoms with Crippen LogP contribution in [0.3, 0.4) is 0 Å². The monoisotopic (exact) mass is 403 g/mol. The van der Waals surface area contributed by atoms with Gasteiger partial charge in [0.1, 0.15) is 0 Å². The van der Waals surface area contributed by atoms with Gasteiger partial charge in [-0.05, 0) is 42.8 Å². The Balaban J connectivity index is 1.66. The van der Waals surface area contributed by atoms with Crippen molar-refractivity contribution in [3.05, 3.63) is 83.9 Å². The summed E-state index contributed by atoms with van der Waals surface area (Å²) in [5.74, 6) is -0.140. The molecule has 2 N–H and O–H groups in total. The highest BCUT2D eigenvalue weighted by Gasteiger charge is 2.15. The third-order valence-electron chi connectivity index (χ3n) is 4.91. The van der Waals surface area contributed by atoms with Crippen LogP contribution in [0.25, 0.3) is 22.2 Å². The van der Waals surface area contributed by atoms with E-state index in [1.807, 2.05) is 73.7 Å². The van der Waals surface area contributed by atoms with Gasteiger partial charge >= 0.3 is 0 Å². The number of amides is 1. The maximum absolute atomic E-state index is 12.8. The molecule has 6 heteroatoms. The molecular weight excluding hydrogens is 382 g/mol. The number of nitrogens with zero attached hydrogens (tertiary/aromatic N) is 1. The summed E-state index contributed by atoms with van der Waals surface area (Å²) in [6.45, 7) is 1.96. The lowest BCUT2D eigenvalue weighted by molar-refractivity contribution is 0.0940. The first-order valence-electron chi connectivity index (χ1n) is 9.31. The first-order valence-corrected chi connectivity index (χ1v) is 10.9. The molecule has 146 valence electrons. The average molecular weight is 404 g/mol. The molecule has 4 aromatic rings. The number of benzene rings is 3. The van der Waals surface area contributed by atoms with E-state index in [1.165, 1.54) is 0 Å². The lowest BCUT2D eigenvalue weighted by Crippen LogP contribution is -2.26. The van der Waals surface area contributed by atoms with Crippen molar-refractivity contribution in [1.82, 2.24) is 15.5 Å². The zero-order chi connectivity index (χ0) is 20.4. The van der Waals surface area contributed by atoms with Gasteiger partial charge in [0.15, 0.2) is 0 Å². The van der Waals surface area contributed by atoms with Crippen LogP contribution in [-0.2, 0) is 10.8 Å². The second-order valence-electron chi connectivity index (χ2n) is 6.92. The van der Waals surface area contributed by atoms with Gasteiger partial charge in [-0.15, -0.1) is 0 Å². The third kappa shape index (κ3) is 3.98. The van der Waals surface area contributed by atoms with Gasteiger partial charge in [-0.25, -0.2) is 0 Å². The van der Waals surface area contributed by atoms with E-state index in [4.69, 9.17) is 0 Å². The predicted molar refractivity (Wildman–Crippen MR) is 116 cm³/mol. The molecule has 1 amide bonds. The number of H-pyrrole nitrogens is 1. The molecule has 2 atom stereocenters. The number of carbonyl (C=O) groups is 1. The lowest BCUT2D eigenvalue weighted by Gasteiger charge is -2.14. The van der Waals surface area contributed by atoms with Crippen molar-refractivity contribution in [2.45, 2.75) is 17.9 Å². The molecule has 4 rings (SSSR count). The first kappa shape index (κ1) is 19.1. The molecule has 0 aliphatic heterocycles. The van der Waals surface area contributed by atoms with Gasteiger partial charge in [0.2, 0.25) is 0 Å². The van der Waals surface area contributed by atoms with Crippen LogP contribution in [0.4, 0.5) is 0 Å². The maximum atomic E-state index is 12.8. The molecule has 1 aromatic heterocycles. The van der Waals surface area contributed by atoms with E-state index in [-0.39, 0.29) is 11.9 Å². The van der Waals surface area contributed by atoms with Crippen molar-refractivity contribution < 1.29 is 9.00 Å². The van der Waals surface area contributed by atoms with E-state index in [0.717, 1.165) is 32.6 Å². The molecule has 5 nitrogen and oxygen atoms in total. The van der Waals surface area contributed by atoms with Crippen molar-refractivity contribution in [3.63, 3.8) is 0 Å². The highest BCUT2D eigenvalue weighted by molar-refractivity contribution is 7.84. The minimum absolute atomic E-state index is 0.0977. The summed E-state index contributed by atoms with van der Waals surface area (Å²) >= 11 is 0. The number of aromatic amines is 1. The molecule has 29 heavy (non-hydrogen) atoms. The zero-order valence-electron chi connectivity index (χ0n) is 16.2. The summed E-state index contributed by atoms with van der Waals surface area (Å²) < 4.78 is 11.8. The summed E-state index contributed by atoms with van der Waals surface area (Å²) in [6, 6.07) is 22.7. The molecule has 1 heterocycles. The van der Waals surface area contributed by atoms with Crippen molar-refractivity contribution >= 4 is 27.6 Å². The number of carbonyl (C=O) groups excluding carboxylic acids is 1. The summed E-state index contributed by atoms with van der Waals surface area (Å²) in [5, 5.41) is 11.3. The highest BCUT2D eigenvalue weighted by atomic mass is 32.2. The third-order valence-corrected chi connectivity index (χ3v) is 5.83. The summed E-state index contributed by atoms with van der Waals surface area (Å²) in [6.07, 6.45) is 1.65. The van der Waals surface area contributed by atoms with Gasteiger partial charge in [0.25, 0.3) is 5.91 Å². The van der Waals surface area contributed by atoms with E-state index < -0.39 is 10.8 Å².